The van der Waals surface area contributed by atoms with Crippen molar-refractivity contribution in [2.45, 2.75) is 12.6 Å². The predicted octanol–water partition coefficient (Wildman–Crippen LogP) is -2.19. The molecule has 8 heteroatoms. The van der Waals surface area contributed by atoms with Crippen LogP contribution in [0, 0.1) is 0 Å². The number of nitrogens with zero attached hydrogens (tertiary/aromatic N) is 2. The van der Waals surface area contributed by atoms with E-state index in [4.69, 9.17) is 10.2 Å². The van der Waals surface area contributed by atoms with Crippen molar-refractivity contribution in [2.24, 2.45) is 0 Å². The van der Waals surface area contributed by atoms with Crippen LogP contribution in [0.4, 0.5) is 0 Å². The number of hydrogen-bond acceptors (Lipinski definition) is 5. The van der Waals surface area contributed by atoms with E-state index in [1.165, 1.54) is 18.5 Å². The van der Waals surface area contributed by atoms with Crippen LogP contribution in [0.25, 0.3) is 0 Å². The van der Waals surface area contributed by atoms with Gasteiger partial charge in [-0.25, -0.2) is 14.6 Å². The fourth-order valence-corrected chi connectivity index (χ4v) is 1.09. The number of aromatic nitrogens is 2. The average Bonchev–Trinajstić information content (AvgIpc) is 2.28. The van der Waals surface area contributed by atoms with E-state index >= 15 is 0 Å². The van der Waals surface area contributed by atoms with E-state index in [1.807, 2.05) is 0 Å². The summed E-state index contributed by atoms with van der Waals surface area (Å²) in [6, 6.07) is 0.0879. The average molecular weight is 241 g/mol. The molecular weight excluding hydrogens is 230 g/mol. The molecule has 0 saturated heterocycles. The number of aliphatic carboxylic acids is 1. The molecule has 0 radical (unpaired) electrons. The van der Waals surface area contributed by atoms with Gasteiger partial charge in [-0.3, -0.25) is 9.36 Å². The summed E-state index contributed by atoms with van der Waals surface area (Å²) in [5.41, 5.74) is -0.612. The third kappa shape index (κ3) is 3.68. The van der Waals surface area contributed by atoms with Gasteiger partial charge in [0.05, 0.1) is 6.61 Å². The minimum Gasteiger partial charge on any atom is -0.480 e. The first kappa shape index (κ1) is 12.8. The van der Waals surface area contributed by atoms with E-state index in [-0.39, 0.29) is 6.54 Å². The molecule has 0 aliphatic carbocycles. The Morgan fingerprint density at radius 1 is 1.53 bits per heavy atom. The number of nitrogens with one attached hydrogen (secondary N) is 1. The standard InChI is InChI=1S/C9H11N3O5/c13-5-6(8(15)16)11-7(14)4-12-3-1-2-10-9(12)17/h1-3,6,13H,4-5H2,(H,11,14)(H,15,16). The lowest BCUT2D eigenvalue weighted by atomic mass is 10.3. The van der Waals surface area contributed by atoms with Gasteiger partial charge >= 0.3 is 11.7 Å². The highest BCUT2D eigenvalue weighted by Crippen LogP contribution is 1.85. The van der Waals surface area contributed by atoms with Crippen molar-refractivity contribution in [1.29, 1.82) is 0 Å². The van der Waals surface area contributed by atoms with Gasteiger partial charge in [-0.05, 0) is 6.07 Å². The van der Waals surface area contributed by atoms with E-state index in [0.717, 1.165) is 4.57 Å². The quantitative estimate of drug-likeness (QED) is 0.538. The molecule has 0 aliphatic rings. The number of carbonyl (C=O) groups is 2. The summed E-state index contributed by atoms with van der Waals surface area (Å²) in [4.78, 5) is 36.5. The second kappa shape index (κ2) is 5.75. The van der Waals surface area contributed by atoms with Gasteiger partial charge in [0.2, 0.25) is 5.91 Å². The molecular formula is C9H11N3O5. The number of carboxylic acids is 1. The van der Waals surface area contributed by atoms with Crippen LogP contribution in [0.1, 0.15) is 0 Å². The third-order valence-electron chi connectivity index (χ3n) is 1.91. The van der Waals surface area contributed by atoms with Gasteiger partial charge in [0.15, 0.2) is 0 Å². The Morgan fingerprint density at radius 3 is 2.76 bits per heavy atom. The maximum absolute atomic E-state index is 11.4. The van der Waals surface area contributed by atoms with Gasteiger partial charge in [-0.15, -0.1) is 0 Å². The maximum atomic E-state index is 11.4. The van der Waals surface area contributed by atoms with Crippen LogP contribution >= 0.6 is 0 Å². The molecule has 0 fully saturated rings. The number of hydrogen-bond donors (Lipinski definition) is 3. The molecule has 0 saturated carbocycles. The monoisotopic (exact) mass is 241 g/mol. The first-order chi connectivity index (χ1) is 8.04. The van der Waals surface area contributed by atoms with Crippen molar-refractivity contribution in [1.82, 2.24) is 14.9 Å². The van der Waals surface area contributed by atoms with Crippen LogP contribution < -0.4 is 11.0 Å². The van der Waals surface area contributed by atoms with Crippen molar-refractivity contribution < 1.29 is 19.8 Å². The highest BCUT2D eigenvalue weighted by Gasteiger charge is 2.18. The minimum absolute atomic E-state index is 0.351. The number of rotatable bonds is 5. The summed E-state index contributed by atoms with van der Waals surface area (Å²) in [7, 11) is 0. The molecule has 0 aliphatic heterocycles. The van der Waals surface area contributed by atoms with Crippen LogP contribution in [0.3, 0.4) is 0 Å². The molecule has 0 spiro atoms. The Balaban J connectivity index is 2.65. The molecule has 3 N–H and O–H groups in total. The normalized spacial score (nSPS) is 11.8. The summed E-state index contributed by atoms with van der Waals surface area (Å²) < 4.78 is 1.02. The summed E-state index contributed by atoms with van der Waals surface area (Å²) in [5, 5.41) is 19.3. The van der Waals surface area contributed by atoms with Crippen molar-refractivity contribution >= 4 is 11.9 Å². The molecule has 1 unspecified atom stereocenters. The summed E-state index contributed by atoms with van der Waals surface area (Å²) in [6.45, 7) is -1.07. The SMILES string of the molecule is O=C(Cn1cccnc1=O)NC(CO)C(=O)O. The second-order valence-corrected chi connectivity index (χ2v) is 3.17. The van der Waals surface area contributed by atoms with E-state index in [1.54, 1.807) is 0 Å². The maximum Gasteiger partial charge on any atom is 0.347 e. The largest absolute Gasteiger partial charge is 0.480 e. The van der Waals surface area contributed by atoms with Crippen molar-refractivity contribution in [3.05, 3.63) is 28.9 Å². The second-order valence-electron chi connectivity index (χ2n) is 3.17. The van der Waals surface area contributed by atoms with E-state index in [2.05, 4.69) is 10.3 Å². The molecule has 1 rings (SSSR count). The Morgan fingerprint density at radius 2 is 2.24 bits per heavy atom. The van der Waals surface area contributed by atoms with Crippen LogP contribution in [-0.4, -0.2) is 44.3 Å². The molecule has 8 nitrogen and oxygen atoms in total. The highest BCUT2D eigenvalue weighted by molar-refractivity contribution is 5.83. The van der Waals surface area contributed by atoms with Gasteiger partial charge < -0.3 is 15.5 Å². The molecule has 1 aromatic rings. The van der Waals surface area contributed by atoms with Gasteiger partial charge in [0, 0.05) is 12.4 Å². The zero-order valence-electron chi connectivity index (χ0n) is 8.74. The van der Waals surface area contributed by atoms with E-state index in [9.17, 15) is 14.4 Å². The molecule has 1 atom stereocenters. The lowest BCUT2D eigenvalue weighted by Gasteiger charge is -2.11. The number of aliphatic hydroxyl groups is 1. The minimum atomic E-state index is -1.38. The Labute approximate surface area is 95.5 Å². The zero-order valence-corrected chi connectivity index (χ0v) is 8.74. The van der Waals surface area contributed by atoms with Gasteiger partial charge in [-0.1, -0.05) is 0 Å². The topological polar surface area (TPSA) is 122 Å². The molecule has 1 heterocycles. The van der Waals surface area contributed by atoms with Crippen LogP contribution in [0.15, 0.2) is 23.3 Å². The third-order valence-corrected chi connectivity index (χ3v) is 1.91. The smallest absolute Gasteiger partial charge is 0.347 e. The van der Waals surface area contributed by atoms with Crippen LogP contribution in [0.2, 0.25) is 0 Å². The lowest BCUT2D eigenvalue weighted by Crippen LogP contribution is -2.45. The van der Waals surface area contributed by atoms with Gasteiger partial charge in [0.25, 0.3) is 0 Å². The summed E-state index contributed by atoms with van der Waals surface area (Å²) >= 11 is 0. The Hall–Kier alpha value is -2.22. The number of amides is 1. The Kier molecular flexibility index (Phi) is 4.35. The Bertz CT molecular complexity index is 470. The van der Waals surface area contributed by atoms with E-state index in [0.29, 0.717) is 0 Å². The number of aliphatic hydroxyl groups excluding tert-OH is 1. The summed E-state index contributed by atoms with van der Waals surface area (Å²) in [5.74, 6) is -2.04. The molecule has 17 heavy (non-hydrogen) atoms. The van der Waals surface area contributed by atoms with Gasteiger partial charge in [-0.2, -0.15) is 0 Å². The van der Waals surface area contributed by atoms with Crippen molar-refractivity contribution in [3.8, 4) is 0 Å². The molecule has 1 aromatic heterocycles. The number of carboxylic acid groups (broad SMARTS) is 1. The summed E-state index contributed by atoms with van der Waals surface area (Å²) in [6.07, 6.45) is 2.63. The molecule has 1 amide bonds. The lowest BCUT2D eigenvalue weighted by molar-refractivity contribution is -0.143. The predicted molar refractivity (Wildman–Crippen MR) is 55.1 cm³/mol. The van der Waals surface area contributed by atoms with Crippen LogP contribution in [0.5, 0.6) is 0 Å². The first-order valence-corrected chi connectivity index (χ1v) is 4.69. The van der Waals surface area contributed by atoms with Gasteiger partial charge in [0.1, 0.15) is 12.6 Å². The fourth-order valence-electron chi connectivity index (χ4n) is 1.09. The fraction of sp³-hybridized carbons (Fsp3) is 0.333. The first-order valence-electron chi connectivity index (χ1n) is 4.69. The number of carbonyl (C=O) groups excluding carboxylic acids is 1. The van der Waals surface area contributed by atoms with Crippen LogP contribution in [-0.2, 0) is 16.1 Å². The molecule has 0 bridgehead atoms. The molecule has 0 aromatic carbocycles. The van der Waals surface area contributed by atoms with E-state index < -0.39 is 30.2 Å². The van der Waals surface area contributed by atoms with Crippen molar-refractivity contribution in [2.75, 3.05) is 6.61 Å². The zero-order chi connectivity index (χ0) is 12.8. The highest BCUT2D eigenvalue weighted by atomic mass is 16.4. The molecule has 92 valence electrons. The van der Waals surface area contributed by atoms with Crippen molar-refractivity contribution in [3.63, 3.8) is 0 Å².